The minimum Gasteiger partial charge on any atom is -0.396 e. The van der Waals surface area contributed by atoms with Crippen LogP contribution in [0.4, 0.5) is 10.1 Å². The van der Waals surface area contributed by atoms with Crippen LogP contribution in [0.25, 0.3) is 0 Å². The molecule has 1 aliphatic rings. The Kier molecular flexibility index (Phi) is 4.19. The molecule has 2 N–H and O–H groups in total. The summed E-state index contributed by atoms with van der Waals surface area (Å²) in [5, 5.41) is 0. The van der Waals surface area contributed by atoms with Gasteiger partial charge in [-0.15, -0.1) is 0 Å². The Bertz CT molecular complexity index is 408. The molecule has 2 rings (SSSR count). The second-order valence-corrected chi connectivity index (χ2v) is 5.26. The molecular formula is C14H22FN3. The maximum absolute atomic E-state index is 13.9. The van der Waals surface area contributed by atoms with E-state index in [1.54, 1.807) is 6.07 Å². The fourth-order valence-corrected chi connectivity index (χ4v) is 2.60. The Hall–Kier alpha value is -1.13. The van der Waals surface area contributed by atoms with Crippen LogP contribution in [-0.4, -0.2) is 42.5 Å². The summed E-state index contributed by atoms with van der Waals surface area (Å²) in [6.07, 6.45) is 1.13. The monoisotopic (exact) mass is 251 g/mol. The molecule has 0 saturated carbocycles. The van der Waals surface area contributed by atoms with E-state index >= 15 is 0 Å². The molecule has 0 aromatic heterocycles. The van der Waals surface area contributed by atoms with E-state index in [-0.39, 0.29) is 11.5 Å². The minimum absolute atomic E-state index is 0.243. The molecule has 0 spiro atoms. The normalized spacial score (nSPS) is 22.9. The van der Waals surface area contributed by atoms with E-state index in [0.29, 0.717) is 18.2 Å². The zero-order valence-electron chi connectivity index (χ0n) is 11.2. The highest BCUT2D eigenvalue weighted by molar-refractivity contribution is 5.42. The Balaban J connectivity index is 2.10. The molecule has 4 heteroatoms. The van der Waals surface area contributed by atoms with Crippen LogP contribution in [0.1, 0.15) is 18.9 Å². The summed E-state index contributed by atoms with van der Waals surface area (Å²) < 4.78 is 13.9. The van der Waals surface area contributed by atoms with Gasteiger partial charge in [-0.05, 0) is 33.0 Å². The zero-order valence-corrected chi connectivity index (χ0v) is 11.2. The first-order valence-corrected chi connectivity index (χ1v) is 6.53. The highest BCUT2D eigenvalue weighted by atomic mass is 19.1. The lowest BCUT2D eigenvalue weighted by atomic mass is 10.1. The van der Waals surface area contributed by atoms with Crippen molar-refractivity contribution in [3.63, 3.8) is 0 Å². The van der Waals surface area contributed by atoms with Gasteiger partial charge in [0, 0.05) is 31.2 Å². The van der Waals surface area contributed by atoms with Crippen LogP contribution >= 0.6 is 0 Å². The highest BCUT2D eigenvalue weighted by Crippen LogP contribution is 2.19. The van der Waals surface area contributed by atoms with Gasteiger partial charge in [0.2, 0.25) is 0 Å². The van der Waals surface area contributed by atoms with Gasteiger partial charge in [0.25, 0.3) is 0 Å². The van der Waals surface area contributed by atoms with Crippen LogP contribution in [0.5, 0.6) is 0 Å². The first kappa shape index (κ1) is 13.3. The molecule has 0 amide bonds. The first-order chi connectivity index (χ1) is 8.58. The van der Waals surface area contributed by atoms with Gasteiger partial charge in [0.15, 0.2) is 5.82 Å². The number of nitrogen functional groups attached to an aromatic ring is 1. The summed E-state index contributed by atoms with van der Waals surface area (Å²) in [5.74, 6) is -0.262. The molecule has 1 saturated heterocycles. The molecule has 0 radical (unpaired) electrons. The summed E-state index contributed by atoms with van der Waals surface area (Å²) >= 11 is 0. The van der Waals surface area contributed by atoms with Crippen molar-refractivity contribution in [2.75, 3.05) is 32.4 Å². The molecule has 1 heterocycles. The topological polar surface area (TPSA) is 32.5 Å². The lowest BCUT2D eigenvalue weighted by Crippen LogP contribution is -2.37. The van der Waals surface area contributed by atoms with E-state index in [2.05, 4.69) is 23.8 Å². The van der Waals surface area contributed by atoms with E-state index in [1.165, 1.54) is 0 Å². The third-order valence-corrected chi connectivity index (χ3v) is 3.67. The van der Waals surface area contributed by atoms with Crippen LogP contribution in [0, 0.1) is 5.82 Å². The third kappa shape index (κ3) is 3.00. The summed E-state index contributed by atoms with van der Waals surface area (Å²) in [5.41, 5.74) is 6.55. The third-order valence-electron chi connectivity index (χ3n) is 3.67. The molecule has 0 aliphatic carbocycles. The van der Waals surface area contributed by atoms with Crippen molar-refractivity contribution in [1.82, 2.24) is 9.80 Å². The van der Waals surface area contributed by atoms with Gasteiger partial charge in [-0.25, -0.2) is 4.39 Å². The van der Waals surface area contributed by atoms with Crippen molar-refractivity contribution in [3.8, 4) is 0 Å². The van der Waals surface area contributed by atoms with Gasteiger partial charge < -0.3 is 10.6 Å². The van der Waals surface area contributed by atoms with Crippen LogP contribution in [0.3, 0.4) is 0 Å². The molecule has 18 heavy (non-hydrogen) atoms. The standard InChI is InChI=1S/C14H22FN3/c1-11-9-17(2)7-4-8-18(11)10-12-5-3-6-13(16)14(12)15/h3,5-6,11H,4,7-10,16H2,1-2H3. The van der Waals surface area contributed by atoms with Crippen LogP contribution in [-0.2, 0) is 6.54 Å². The average Bonchev–Trinajstić information content (AvgIpc) is 2.47. The molecule has 100 valence electrons. The quantitative estimate of drug-likeness (QED) is 0.815. The number of hydrogen-bond donors (Lipinski definition) is 1. The Labute approximate surface area is 108 Å². The van der Waals surface area contributed by atoms with Crippen molar-refractivity contribution >= 4 is 5.69 Å². The lowest BCUT2D eigenvalue weighted by Gasteiger charge is -2.28. The summed E-state index contributed by atoms with van der Waals surface area (Å²) in [6.45, 7) is 6.00. The van der Waals surface area contributed by atoms with E-state index in [1.807, 2.05) is 12.1 Å². The second kappa shape index (κ2) is 5.67. The van der Waals surface area contributed by atoms with E-state index < -0.39 is 0 Å². The van der Waals surface area contributed by atoms with Crippen LogP contribution in [0.15, 0.2) is 18.2 Å². The zero-order chi connectivity index (χ0) is 13.1. The predicted octanol–water partition coefficient (Wildman–Crippen LogP) is 1.93. The number of likely N-dealkylation sites (N-methyl/N-ethyl adjacent to an activating group) is 1. The fourth-order valence-electron chi connectivity index (χ4n) is 2.60. The summed E-state index contributed by atoms with van der Waals surface area (Å²) in [6, 6.07) is 5.70. The number of benzene rings is 1. The number of nitrogens with two attached hydrogens (primary N) is 1. The molecule has 1 fully saturated rings. The number of rotatable bonds is 2. The average molecular weight is 251 g/mol. The Morgan fingerprint density at radius 1 is 1.39 bits per heavy atom. The second-order valence-electron chi connectivity index (χ2n) is 5.26. The number of nitrogens with zero attached hydrogens (tertiary/aromatic N) is 2. The first-order valence-electron chi connectivity index (χ1n) is 6.53. The predicted molar refractivity (Wildman–Crippen MR) is 72.8 cm³/mol. The minimum atomic E-state index is -0.262. The maximum atomic E-state index is 13.9. The lowest BCUT2D eigenvalue weighted by molar-refractivity contribution is 0.192. The van der Waals surface area contributed by atoms with Gasteiger partial charge in [0.05, 0.1) is 5.69 Å². The molecule has 1 aliphatic heterocycles. The highest BCUT2D eigenvalue weighted by Gasteiger charge is 2.20. The van der Waals surface area contributed by atoms with E-state index in [4.69, 9.17) is 5.73 Å². The molecule has 1 unspecified atom stereocenters. The van der Waals surface area contributed by atoms with Crippen molar-refractivity contribution in [1.29, 1.82) is 0 Å². The fraction of sp³-hybridized carbons (Fsp3) is 0.571. The molecule has 1 atom stereocenters. The van der Waals surface area contributed by atoms with Crippen LogP contribution in [0.2, 0.25) is 0 Å². The largest absolute Gasteiger partial charge is 0.396 e. The van der Waals surface area contributed by atoms with Crippen LogP contribution < -0.4 is 5.73 Å². The SMILES string of the molecule is CC1CN(C)CCCN1Cc1cccc(N)c1F. The molecular weight excluding hydrogens is 229 g/mol. The number of hydrogen-bond acceptors (Lipinski definition) is 3. The van der Waals surface area contributed by atoms with Gasteiger partial charge in [-0.1, -0.05) is 12.1 Å². The van der Waals surface area contributed by atoms with Gasteiger partial charge in [-0.3, -0.25) is 4.90 Å². The molecule has 3 nitrogen and oxygen atoms in total. The van der Waals surface area contributed by atoms with Crippen molar-refractivity contribution in [2.45, 2.75) is 25.9 Å². The number of halogens is 1. The molecule has 1 aromatic rings. The Morgan fingerprint density at radius 3 is 2.94 bits per heavy atom. The molecule has 0 bridgehead atoms. The van der Waals surface area contributed by atoms with Gasteiger partial charge in [0.1, 0.15) is 0 Å². The Morgan fingerprint density at radius 2 is 2.17 bits per heavy atom. The maximum Gasteiger partial charge on any atom is 0.150 e. The van der Waals surface area contributed by atoms with Crippen molar-refractivity contribution in [3.05, 3.63) is 29.6 Å². The van der Waals surface area contributed by atoms with Crippen molar-refractivity contribution in [2.24, 2.45) is 0 Å². The number of anilines is 1. The summed E-state index contributed by atoms with van der Waals surface area (Å²) in [7, 11) is 2.14. The van der Waals surface area contributed by atoms with E-state index in [0.717, 1.165) is 26.1 Å². The van der Waals surface area contributed by atoms with Gasteiger partial charge in [-0.2, -0.15) is 0 Å². The smallest absolute Gasteiger partial charge is 0.150 e. The molecule has 1 aromatic carbocycles. The summed E-state index contributed by atoms with van der Waals surface area (Å²) in [4.78, 5) is 4.67. The van der Waals surface area contributed by atoms with Crippen molar-refractivity contribution < 1.29 is 4.39 Å². The van der Waals surface area contributed by atoms with Gasteiger partial charge >= 0.3 is 0 Å². The van der Waals surface area contributed by atoms with E-state index in [9.17, 15) is 4.39 Å².